The topological polar surface area (TPSA) is 15.3 Å². The normalized spacial score (nSPS) is 17.2. The standard InChI is InChI=1S/C18H30N2/c1-5-11-19-18(13-20(4)16-7-6-8-16)17-12-14(2)9-10-15(17)3/h9-10,12,16,18-19H,5-8,11,13H2,1-4H3. The van der Waals surface area contributed by atoms with E-state index in [0.717, 1.165) is 19.1 Å². The summed E-state index contributed by atoms with van der Waals surface area (Å²) in [4.78, 5) is 2.55. The minimum atomic E-state index is 0.459. The molecule has 0 bridgehead atoms. The summed E-state index contributed by atoms with van der Waals surface area (Å²) in [6.45, 7) is 8.88. The molecule has 0 heterocycles. The molecule has 1 aromatic rings. The van der Waals surface area contributed by atoms with Crippen molar-refractivity contribution < 1.29 is 0 Å². The van der Waals surface area contributed by atoms with E-state index in [4.69, 9.17) is 0 Å². The molecule has 1 aromatic carbocycles. The van der Waals surface area contributed by atoms with E-state index < -0.39 is 0 Å². The number of benzene rings is 1. The molecule has 0 saturated heterocycles. The smallest absolute Gasteiger partial charge is 0.0452 e. The van der Waals surface area contributed by atoms with Gasteiger partial charge in [-0.25, -0.2) is 0 Å². The second-order valence-corrected chi connectivity index (χ2v) is 6.39. The van der Waals surface area contributed by atoms with Gasteiger partial charge in [0.15, 0.2) is 0 Å². The van der Waals surface area contributed by atoms with Crippen molar-refractivity contribution in [3.63, 3.8) is 0 Å². The number of hydrogen-bond acceptors (Lipinski definition) is 2. The largest absolute Gasteiger partial charge is 0.309 e. The lowest BCUT2D eigenvalue weighted by Crippen LogP contribution is -2.42. The lowest BCUT2D eigenvalue weighted by Gasteiger charge is -2.37. The summed E-state index contributed by atoms with van der Waals surface area (Å²) in [5.74, 6) is 0. The van der Waals surface area contributed by atoms with Crippen LogP contribution in [0.5, 0.6) is 0 Å². The van der Waals surface area contributed by atoms with Gasteiger partial charge in [-0.1, -0.05) is 37.1 Å². The Balaban J connectivity index is 2.10. The van der Waals surface area contributed by atoms with E-state index in [0.29, 0.717) is 6.04 Å². The molecule has 1 unspecified atom stereocenters. The molecule has 2 rings (SSSR count). The fraction of sp³-hybridized carbons (Fsp3) is 0.667. The van der Waals surface area contributed by atoms with Gasteiger partial charge in [-0.15, -0.1) is 0 Å². The Morgan fingerprint density at radius 1 is 1.30 bits per heavy atom. The monoisotopic (exact) mass is 274 g/mol. The van der Waals surface area contributed by atoms with Crippen molar-refractivity contribution in [2.75, 3.05) is 20.1 Å². The maximum Gasteiger partial charge on any atom is 0.0452 e. The molecule has 1 aliphatic rings. The quantitative estimate of drug-likeness (QED) is 0.813. The van der Waals surface area contributed by atoms with Crippen molar-refractivity contribution in [2.24, 2.45) is 0 Å². The van der Waals surface area contributed by atoms with Crippen LogP contribution < -0.4 is 5.32 Å². The molecular weight excluding hydrogens is 244 g/mol. The van der Waals surface area contributed by atoms with E-state index in [9.17, 15) is 0 Å². The third-order valence-corrected chi connectivity index (χ3v) is 4.62. The van der Waals surface area contributed by atoms with Crippen LogP contribution in [-0.2, 0) is 0 Å². The minimum Gasteiger partial charge on any atom is -0.309 e. The summed E-state index contributed by atoms with van der Waals surface area (Å²) in [6.07, 6.45) is 5.35. The van der Waals surface area contributed by atoms with Gasteiger partial charge in [-0.3, -0.25) is 0 Å². The van der Waals surface area contributed by atoms with Gasteiger partial charge < -0.3 is 10.2 Å². The Kier molecular flexibility index (Phi) is 5.62. The lowest BCUT2D eigenvalue weighted by molar-refractivity contribution is 0.145. The average molecular weight is 274 g/mol. The van der Waals surface area contributed by atoms with Crippen molar-refractivity contribution in [3.05, 3.63) is 34.9 Å². The predicted molar refractivity (Wildman–Crippen MR) is 87.2 cm³/mol. The van der Waals surface area contributed by atoms with Gasteiger partial charge in [0.1, 0.15) is 0 Å². The third kappa shape index (κ3) is 3.83. The summed E-state index contributed by atoms with van der Waals surface area (Å²) in [5, 5.41) is 3.75. The fourth-order valence-electron chi connectivity index (χ4n) is 2.99. The zero-order valence-electron chi connectivity index (χ0n) is 13.6. The van der Waals surface area contributed by atoms with Gasteiger partial charge >= 0.3 is 0 Å². The molecule has 1 N–H and O–H groups in total. The lowest BCUT2D eigenvalue weighted by atomic mass is 9.90. The molecule has 1 saturated carbocycles. The molecule has 2 nitrogen and oxygen atoms in total. The Hall–Kier alpha value is -0.860. The van der Waals surface area contributed by atoms with E-state index in [1.165, 1.54) is 42.4 Å². The molecule has 2 heteroatoms. The highest BCUT2D eigenvalue weighted by Crippen LogP contribution is 2.27. The van der Waals surface area contributed by atoms with Crippen LogP contribution in [0.4, 0.5) is 0 Å². The number of hydrogen-bond donors (Lipinski definition) is 1. The summed E-state index contributed by atoms with van der Waals surface area (Å²) in [7, 11) is 2.29. The van der Waals surface area contributed by atoms with Crippen LogP contribution in [0.3, 0.4) is 0 Å². The van der Waals surface area contributed by atoms with Crippen molar-refractivity contribution in [2.45, 2.75) is 58.5 Å². The Morgan fingerprint density at radius 3 is 2.65 bits per heavy atom. The summed E-state index contributed by atoms with van der Waals surface area (Å²) < 4.78 is 0. The predicted octanol–water partition coefficient (Wildman–Crippen LogP) is 3.83. The van der Waals surface area contributed by atoms with Gasteiger partial charge in [-0.2, -0.15) is 0 Å². The van der Waals surface area contributed by atoms with Gasteiger partial charge in [-0.05, 0) is 57.8 Å². The molecule has 0 spiro atoms. The molecule has 20 heavy (non-hydrogen) atoms. The van der Waals surface area contributed by atoms with Crippen LogP contribution in [-0.4, -0.2) is 31.1 Å². The van der Waals surface area contributed by atoms with E-state index in [-0.39, 0.29) is 0 Å². The minimum absolute atomic E-state index is 0.459. The van der Waals surface area contributed by atoms with E-state index in [2.05, 4.69) is 56.2 Å². The maximum absolute atomic E-state index is 3.75. The number of nitrogens with zero attached hydrogens (tertiary/aromatic N) is 1. The van der Waals surface area contributed by atoms with E-state index >= 15 is 0 Å². The average Bonchev–Trinajstić information content (AvgIpc) is 2.35. The highest BCUT2D eigenvalue weighted by molar-refractivity contribution is 5.33. The molecule has 112 valence electrons. The Morgan fingerprint density at radius 2 is 2.05 bits per heavy atom. The zero-order valence-corrected chi connectivity index (χ0v) is 13.6. The first kappa shape index (κ1) is 15.5. The molecule has 0 amide bonds. The maximum atomic E-state index is 3.75. The second kappa shape index (κ2) is 7.24. The molecular formula is C18H30N2. The third-order valence-electron chi connectivity index (χ3n) is 4.62. The Bertz CT molecular complexity index is 423. The van der Waals surface area contributed by atoms with Crippen LogP contribution in [0.15, 0.2) is 18.2 Å². The van der Waals surface area contributed by atoms with Gasteiger partial charge in [0.25, 0.3) is 0 Å². The van der Waals surface area contributed by atoms with Crippen LogP contribution >= 0.6 is 0 Å². The number of likely N-dealkylation sites (N-methyl/N-ethyl adjacent to an activating group) is 1. The zero-order chi connectivity index (χ0) is 14.5. The van der Waals surface area contributed by atoms with E-state index in [1.54, 1.807) is 0 Å². The SMILES string of the molecule is CCCNC(CN(C)C1CCC1)c1cc(C)ccc1C. The highest BCUT2D eigenvalue weighted by Gasteiger charge is 2.25. The number of rotatable bonds is 7. The van der Waals surface area contributed by atoms with Crippen molar-refractivity contribution >= 4 is 0 Å². The first-order chi connectivity index (χ1) is 9.61. The molecule has 1 aliphatic carbocycles. The summed E-state index contributed by atoms with van der Waals surface area (Å²) in [5.41, 5.74) is 4.25. The molecule has 1 fully saturated rings. The van der Waals surface area contributed by atoms with Crippen molar-refractivity contribution in [3.8, 4) is 0 Å². The first-order valence-corrected chi connectivity index (χ1v) is 8.12. The van der Waals surface area contributed by atoms with Crippen LogP contribution in [0.2, 0.25) is 0 Å². The number of nitrogens with one attached hydrogen (secondary N) is 1. The molecule has 1 atom stereocenters. The fourth-order valence-corrected chi connectivity index (χ4v) is 2.99. The highest BCUT2D eigenvalue weighted by atomic mass is 15.2. The van der Waals surface area contributed by atoms with Crippen LogP contribution in [0.25, 0.3) is 0 Å². The van der Waals surface area contributed by atoms with E-state index in [1.807, 2.05) is 0 Å². The molecule has 0 aliphatic heterocycles. The Labute approximate surface area is 124 Å². The van der Waals surface area contributed by atoms with Gasteiger partial charge in [0.2, 0.25) is 0 Å². The number of aryl methyl sites for hydroxylation is 2. The van der Waals surface area contributed by atoms with Crippen LogP contribution in [0.1, 0.15) is 55.3 Å². The van der Waals surface area contributed by atoms with Crippen molar-refractivity contribution in [1.82, 2.24) is 10.2 Å². The molecule has 0 radical (unpaired) electrons. The van der Waals surface area contributed by atoms with Crippen LogP contribution in [0, 0.1) is 13.8 Å². The van der Waals surface area contributed by atoms with Gasteiger partial charge in [0, 0.05) is 18.6 Å². The molecule has 0 aromatic heterocycles. The summed E-state index contributed by atoms with van der Waals surface area (Å²) >= 11 is 0. The summed E-state index contributed by atoms with van der Waals surface area (Å²) in [6, 6.07) is 8.10. The first-order valence-electron chi connectivity index (χ1n) is 8.12. The van der Waals surface area contributed by atoms with Gasteiger partial charge in [0.05, 0.1) is 0 Å². The van der Waals surface area contributed by atoms with Crippen molar-refractivity contribution in [1.29, 1.82) is 0 Å². The second-order valence-electron chi connectivity index (χ2n) is 6.39.